The van der Waals surface area contributed by atoms with Crippen molar-refractivity contribution in [3.63, 3.8) is 0 Å². The summed E-state index contributed by atoms with van der Waals surface area (Å²) in [6, 6.07) is -0.757. The van der Waals surface area contributed by atoms with E-state index in [0.29, 0.717) is 19.3 Å². The number of carbonyl (C=O) groups is 3. The number of fused-ring (bicyclic) bond motifs is 1. The minimum Gasteiger partial charge on any atom is -0.357 e. The minimum absolute atomic E-state index is 0.0762. The molecule has 30 heavy (non-hydrogen) atoms. The first-order chi connectivity index (χ1) is 13.9. The second-order valence-corrected chi connectivity index (χ2v) is 10.5. The molecule has 0 aromatic heterocycles. The maximum atomic E-state index is 13.4. The summed E-state index contributed by atoms with van der Waals surface area (Å²) in [5.74, 6) is -0.265. The van der Waals surface area contributed by atoms with Gasteiger partial charge >= 0.3 is 0 Å². The van der Waals surface area contributed by atoms with Gasteiger partial charge in [0.15, 0.2) is 5.54 Å². The Morgan fingerprint density at radius 2 is 1.87 bits per heavy atom. The van der Waals surface area contributed by atoms with E-state index in [1.54, 1.807) is 19.0 Å². The first kappa shape index (κ1) is 24.9. The molecule has 0 spiro atoms. The predicted octanol–water partition coefficient (Wildman–Crippen LogP) is 0.617. The molecule has 172 valence electrons. The lowest BCUT2D eigenvalue weighted by molar-refractivity contribution is -0.137. The van der Waals surface area contributed by atoms with Crippen LogP contribution in [-0.2, 0) is 14.4 Å². The molecule has 1 saturated carbocycles. The molecule has 3 amide bonds. The molecular formula is C21H39N5O3S. The monoisotopic (exact) mass is 441 g/mol. The zero-order chi connectivity index (χ0) is 22.9. The van der Waals surface area contributed by atoms with Crippen LogP contribution < -0.4 is 21.7 Å². The van der Waals surface area contributed by atoms with Crippen LogP contribution in [-0.4, -0.2) is 65.8 Å². The van der Waals surface area contributed by atoms with Gasteiger partial charge in [0.25, 0.3) is 0 Å². The van der Waals surface area contributed by atoms with Gasteiger partial charge in [-0.05, 0) is 45.1 Å². The number of hydrogen-bond acceptors (Lipinski definition) is 6. The minimum atomic E-state index is -1.12. The summed E-state index contributed by atoms with van der Waals surface area (Å²) < 4.78 is 0. The maximum absolute atomic E-state index is 13.4. The molecule has 5 N–H and O–H groups in total. The van der Waals surface area contributed by atoms with Crippen LogP contribution in [0.2, 0.25) is 0 Å². The lowest BCUT2D eigenvalue weighted by Gasteiger charge is -2.39. The Morgan fingerprint density at radius 3 is 2.40 bits per heavy atom. The Hall–Kier alpha value is -1.32. The van der Waals surface area contributed by atoms with Crippen molar-refractivity contribution in [3.05, 3.63) is 0 Å². The van der Waals surface area contributed by atoms with Crippen molar-refractivity contribution in [2.45, 2.75) is 82.3 Å². The SMILES string of the molecule is CNCC(=O)NC1CCCC2(S)N(C(=O)[C@@H](N)CC(C)C)[C@]2(C(=O)NC)C(C)(C)C1. The third-order valence-electron chi connectivity index (χ3n) is 6.57. The van der Waals surface area contributed by atoms with E-state index in [2.05, 4.69) is 16.0 Å². The summed E-state index contributed by atoms with van der Waals surface area (Å²) in [4.78, 5) is 39.6. The molecule has 2 rings (SSSR count). The molecule has 0 radical (unpaired) electrons. The molecule has 8 nitrogen and oxygen atoms in total. The second kappa shape index (κ2) is 9.04. The lowest BCUT2D eigenvalue weighted by atomic mass is 9.68. The molecule has 2 aliphatic rings. The fourth-order valence-corrected chi connectivity index (χ4v) is 6.31. The molecule has 1 saturated heterocycles. The zero-order valence-corrected chi connectivity index (χ0v) is 20.1. The normalized spacial score (nSPS) is 31.2. The number of carbonyl (C=O) groups excluding carboxylic acids is 3. The van der Waals surface area contributed by atoms with Crippen molar-refractivity contribution in [2.24, 2.45) is 17.1 Å². The average Bonchev–Trinajstić information content (AvgIpc) is 3.19. The van der Waals surface area contributed by atoms with Gasteiger partial charge in [-0.25, -0.2) is 0 Å². The number of rotatable bonds is 7. The Kier molecular flexibility index (Phi) is 7.52. The largest absolute Gasteiger partial charge is 0.357 e. The van der Waals surface area contributed by atoms with Crippen LogP contribution in [0.25, 0.3) is 0 Å². The van der Waals surface area contributed by atoms with E-state index in [9.17, 15) is 14.4 Å². The third-order valence-corrected chi connectivity index (χ3v) is 7.32. The van der Waals surface area contributed by atoms with E-state index in [1.807, 2.05) is 27.7 Å². The number of nitrogens with one attached hydrogen (secondary N) is 3. The van der Waals surface area contributed by atoms with Crippen molar-refractivity contribution in [1.29, 1.82) is 0 Å². The van der Waals surface area contributed by atoms with Gasteiger partial charge in [-0.3, -0.25) is 14.4 Å². The molecule has 4 atom stereocenters. The van der Waals surface area contributed by atoms with E-state index < -0.39 is 21.9 Å². The van der Waals surface area contributed by atoms with Gasteiger partial charge in [0.05, 0.1) is 12.6 Å². The number of amides is 3. The first-order valence-electron chi connectivity index (χ1n) is 10.9. The standard InChI is InChI=1S/C21H39N5O3S/c1-13(2)10-15(22)17(28)26-20(30)9-7-8-14(25-16(27)12-23-5)11-19(3,4)21(20,26)18(29)24-6/h13-15,23,30H,7-12,22H2,1-6H3,(H,24,29)(H,25,27)/t14?,15-,20?,21+,26?/m0/s1. The molecule has 0 aromatic carbocycles. The van der Waals surface area contributed by atoms with Crippen molar-refractivity contribution < 1.29 is 14.4 Å². The number of hydrogen-bond donors (Lipinski definition) is 5. The Balaban J connectivity index is 2.41. The highest BCUT2D eigenvalue weighted by Gasteiger charge is 2.84. The Labute approximate surface area is 185 Å². The fraction of sp³-hybridized carbons (Fsp3) is 0.857. The molecule has 0 bridgehead atoms. The van der Waals surface area contributed by atoms with E-state index in [-0.39, 0.29) is 36.2 Å². The Bertz CT molecular complexity index is 686. The Morgan fingerprint density at radius 1 is 1.23 bits per heavy atom. The number of thiol groups is 1. The summed E-state index contributed by atoms with van der Waals surface area (Å²) in [6.45, 7) is 8.24. The maximum Gasteiger partial charge on any atom is 0.249 e. The zero-order valence-electron chi connectivity index (χ0n) is 19.2. The van der Waals surface area contributed by atoms with Crippen molar-refractivity contribution in [3.8, 4) is 0 Å². The average molecular weight is 442 g/mol. The van der Waals surface area contributed by atoms with E-state index >= 15 is 0 Å². The van der Waals surface area contributed by atoms with Crippen molar-refractivity contribution >= 4 is 30.4 Å². The molecule has 1 heterocycles. The number of nitrogens with two attached hydrogens (primary N) is 1. The summed E-state index contributed by atoms with van der Waals surface area (Å²) in [7, 11) is 3.31. The van der Waals surface area contributed by atoms with E-state index in [1.165, 1.54) is 0 Å². The van der Waals surface area contributed by atoms with Crippen LogP contribution in [0.15, 0.2) is 0 Å². The van der Waals surface area contributed by atoms with Crippen LogP contribution in [0.3, 0.4) is 0 Å². The third kappa shape index (κ3) is 4.08. The van der Waals surface area contributed by atoms with Crippen LogP contribution in [0.4, 0.5) is 0 Å². The smallest absolute Gasteiger partial charge is 0.249 e. The summed E-state index contributed by atoms with van der Waals surface area (Å²) in [5, 5.41) is 8.70. The predicted molar refractivity (Wildman–Crippen MR) is 121 cm³/mol. The van der Waals surface area contributed by atoms with Crippen LogP contribution in [0.5, 0.6) is 0 Å². The topological polar surface area (TPSA) is 116 Å². The van der Waals surface area contributed by atoms with Gasteiger partial charge in [-0.15, -0.1) is 12.6 Å². The van der Waals surface area contributed by atoms with E-state index in [4.69, 9.17) is 18.4 Å². The van der Waals surface area contributed by atoms with Crippen LogP contribution >= 0.6 is 12.6 Å². The van der Waals surface area contributed by atoms with E-state index in [0.717, 1.165) is 12.8 Å². The second-order valence-electron chi connectivity index (χ2n) is 9.79. The molecule has 0 aromatic rings. The summed E-state index contributed by atoms with van der Waals surface area (Å²) in [6.07, 6.45) is 3.18. The summed E-state index contributed by atoms with van der Waals surface area (Å²) in [5.41, 5.74) is 4.51. The van der Waals surface area contributed by atoms with Gasteiger partial charge in [0.1, 0.15) is 4.87 Å². The molecule has 2 unspecified atom stereocenters. The van der Waals surface area contributed by atoms with Gasteiger partial charge in [-0.2, -0.15) is 0 Å². The molecular weight excluding hydrogens is 402 g/mol. The summed E-state index contributed by atoms with van der Waals surface area (Å²) >= 11 is 4.95. The van der Waals surface area contributed by atoms with Gasteiger partial charge in [0, 0.05) is 18.5 Å². The molecule has 1 aliphatic heterocycles. The van der Waals surface area contributed by atoms with Gasteiger partial charge in [0.2, 0.25) is 17.7 Å². The highest BCUT2D eigenvalue weighted by molar-refractivity contribution is 7.82. The highest BCUT2D eigenvalue weighted by Crippen LogP contribution is 2.67. The first-order valence-corrected chi connectivity index (χ1v) is 11.3. The highest BCUT2D eigenvalue weighted by atomic mass is 32.1. The van der Waals surface area contributed by atoms with Crippen LogP contribution in [0.1, 0.15) is 59.8 Å². The molecule has 1 aliphatic carbocycles. The van der Waals surface area contributed by atoms with Gasteiger partial charge < -0.3 is 26.6 Å². The lowest BCUT2D eigenvalue weighted by Crippen LogP contribution is -2.56. The molecule has 9 heteroatoms. The number of likely N-dealkylation sites (N-methyl/N-ethyl adjacent to an activating group) is 2. The van der Waals surface area contributed by atoms with Crippen molar-refractivity contribution in [2.75, 3.05) is 20.6 Å². The quantitative estimate of drug-likeness (QED) is 0.293. The van der Waals surface area contributed by atoms with Gasteiger partial charge in [-0.1, -0.05) is 27.7 Å². The van der Waals surface area contributed by atoms with Crippen molar-refractivity contribution in [1.82, 2.24) is 20.9 Å². The fourth-order valence-electron chi connectivity index (χ4n) is 5.45. The van der Waals surface area contributed by atoms with Crippen LogP contribution in [0, 0.1) is 11.3 Å². The number of nitrogens with zero attached hydrogens (tertiary/aromatic N) is 1. The molecule has 2 fully saturated rings.